The maximum atomic E-state index is 3.92. The molecule has 0 bridgehead atoms. The topological polar surface area (TPSA) is 14.1 Å². The van der Waals surface area contributed by atoms with Crippen molar-refractivity contribution in [1.29, 1.82) is 0 Å². The van der Waals surface area contributed by atoms with Crippen molar-refractivity contribution in [3.63, 3.8) is 0 Å². The van der Waals surface area contributed by atoms with E-state index in [0.29, 0.717) is 0 Å². The summed E-state index contributed by atoms with van der Waals surface area (Å²) in [5.74, 6) is 0. The van der Waals surface area contributed by atoms with Crippen molar-refractivity contribution in [3.05, 3.63) is 31.5 Å². The summed E-state index contributed by atoms with van der Waals surface area (Å²) in [6.45, 7) is 1.97. The molecule has 43 valence electrons. The number of aromatic nitrogens is 1. The molecule has 0 saturated carbocycles. The van der Waals surface area contributed by atoms with Crippen molar-refractivity contribution in [1.82, 2.24) is 4.98 Å². The summed E-state index contributed by atoms with van der Waals surface area (Å²) in [4.78, 5) is 3.92. The van der Waals surface area contributed by atoms with E-state index in [1.807, 2.05) is 19.1 Å². The number of hydrogen-bond acceptors (Lipinski definition) is 0. The molecule has 0 spiro atoms. The Hall–Kier alpha value is 0.384. The van der Waals surface area contributed by atoms with E-state index in [9.17, 15) is 0 Å². The van der Waals surface area contributed by atoms with Gasteiger partial charge in [-0.05, 0) is 0 Å². The molecule has 1 aromatic rings. The molecule has 0 atom stereocenters. The van der Waals surface area contributed by atoms with E-state index in [0.717, 1.165) is 5.69 Å². The summed E-state index contributed by atoms with van der Waals surface area (Å²) in [7, 11) is 0. The first-order valence-electron chi connectivity index (χ1n) is 1.94. The third-order valence-corrected chi connectivity index (χ3v) is 0.702. The number of aryl methyl sites for hydroxylation is 1. The number of hydrogen-bond donors (Lipinski definition) is 0. The standard InChI is InChI=1S/C5H6N.CH3.Y/c1-5-3-2-4-6-5;;/h2-4H,1H3;1H3;/q2*-1;. The van der Waals surface area contributed by atoms with E-state index < -0.39 is 0 Å². The summed E-state index contributed by atoms with van der Waals surface area (Å²) in [5, 5.41) is 0. The van der Waals surface area contributed by atoms with Crippen LogP contribution in [0.4, 0.5) is 0 Å². The minimum absolute atomic E-state index is 0. The largest absolute Gasteiger partial charge is 0.668 e. The molecule has 0 saturated heterocycles. The molecule has 0 aromatic carbocycles. The van der Waals surface area contributed by atoms with Crippen LogP contribution in [0.2, 0.25) is 0 Å². The van der Waals surface area contributed by atoms with E-state index in [1.165, 1.54) is 0 Å². The number of nitrogens with zero attached hydrogens (tertiary/aromatic N) is 1. The third kappa shape index (κ3) is 3.39. The molecule has 1 aromatic heterocycles. The monoisotopic (exact) mass is 184 g/mol. The van der Waals surface area contributed by atoms with E-state index in [2.05, 4.69) is 4.98 Å². The summed E-state index contributed by atoms with van der Waals surface area (Å²) in [6.07, 6.45) is 1.79. The van der Waals surface area contributed by atoms with Gasteiger partial charge >= 0.3 is 0 Å². The normalized spacial score (nSPS) is 6.62. The van der Waals surface area contributed by atoms with Crippen molar-refractivity contribution < 1.29 is 32.7 Å². The fourth-order valence-corrected chi connectivity index (χ4v) is 0.386. The Morgan fingerprint density at radius 1 is 1.50 bits per heavy atom. The Balaban J connectivity index is 0. The molecule has 1 nitrogen and oxygen atoms in total. The Labute approximate surface area is 75.8 Å². The van der Waals surface area contributed by atoms with Crippen LogP contribution >= 0.6 is 0 Å². The summed E-state index contributed by atoms with van der Waals surface area (Å²) in [6, 6.07) is 3.90. The summed E-state index contributed by atoms with van der Waals surface area (Å²) >= 11 is 0. The second-order valence-corrected chi connectivity index (χ2v) is 1.28. The van der Waals surface area contributed by atoms with Gasteiger partial charge in [0.05, 0.1) is 0 Å². The van der Waals surface area contributed by atoms with Crippen LogP contribution in [0, 0.1) is 14.4 Å². The molecule has 0 aliphatic heterocycles. The van der Waals surface area contributed by atoms with Gasteiger partial charge in [-0.25, -0.2) is 0 Å². The van der Waals surface area contributed by atoms with E-state index >= 15 is 0 Å². The molecule has 1 radical (unpaired) electrons. The quantitative estimate of drug-likeness (QED) is 0.556. The minimum Gasteiger partial charge on any atom is -0.668 e. The average Bonchev–Trinajstić information content (AvgIpc) is 1.86. The zero-order valence-corrected chi connectivity index (χ0v) is 8.09. The predicted octanol–water partition coefficient (Wildman–Crippen LogP) is 1.40. The van der Waals surface area contributed by atoms with E-state index in [1.54, 1.807) is 6.20 Å². The second kappa shape index (κ2) is 5.52. The van der Waals surface area contributed by atoms with Gasteiger partial charge in [0, 0.05) is 32.7 Å². The Bertz CT molecular complexity index is 112. The Kier molecular flexibility index (Phi) is 7.74. The van der Waals surface area contributed by atoms with Gasteiger partial charge in [0.25, 0.3) is 0 Å². The summed E-state index contributed by atoms with van der Waals surface area (Å²) in [5.41, 5.74) is 1.09. The fraction of sp³-hybridized carbons (Fsp3) is 0.167. The summed E-state index contributed by atoms with van der Waals surface area (Å²) < 4.78 is 0. The van der Waals surface area contributed by atoms with E-state index in [4.69, 9.17) is 0 Å². The molecule has 8 heavy (non-hydrogen) atoms. The minimum atomic E-state index is 0. The van der Waals surface area contributed by atoms with Crippen molar-refractivity contribution in [2.75, 3.05) is 0 Å². The van der Waals surface area contributed by atoms with Crippen LogP contribution in [0.3, 0.4) is 0 Å². The van der Waals surface area contributed by atoms with Gasteiger partial charge in [-0.3, -0.25) is 0 Å². The van der Waals surface area contributed by atoms with Crippen LogP contribution < -0.4 is 4.98 Å². The van der Waals surface area contributed by atoms with Gasteiger partial charge in [0.1, 0.15) is 0 Å². The fourth-order valence-electron chi connectivity index (χ4n) is 0.386. The maximum absolute atomic E-state index is 3.92. The molecule has 0 N–H and O–H groups in total. The van der Waals surface area contributed by atoms with Gasteiger partial charge < -0.3 is 12.4 Å². The third-order valence-electron chi connectivity index (χ3n) is 0.702. The second-order valence-electron chi connectivity index (χ2n) is 1.28. The molecule has 1 rings (SSSR count). The first-order valence-corrected chi connectivity index (χ1v) is 1.94. The van der Waals surface area contributed by atoms with Crippen molar-refractivity contribution in [2.45, 2.75) is 6.92 Å². The zero-order chi connectivity index (χ0) is 4.41. The molecule has 0 aliphatic rings. The molecular weight excluding hydrogens is 175 g/mol. The Morgan fingerprint density at radius 2 is 2.12 bits per heavy atom. The molecule has 0 fully saturated rings. The van der Waals surface area contributed by atoms with Crippen LogP contribution in [-0.4, -0.2) is 0 Å². The maximum Gasteiger partial charge on any atom is 0 e. The van der Waals surface area contributed by atoms with Crippen molar-refractivity contribution in [3.8, 4) is 0 Å². The van der Waals surface area contributed by atoms with Crippen LogP contribution in [-0.2, 0) is 32.7 Å². The van der Waals surface area contributed by atoms with Crippen LogP contribution in [0.5, 0.6) is 0 Å². The van der Waals surface area contributed by atoms with Gasteiger partial charge in [0.2, 0.25) is 0 Å². The van der Waals surface area contributed by atoms with Gasteiger partial charge in [-0.15, -0.1) is 0 Å². The average molecular weight is 184 g/mol. The predicted molar refractivity (Wildman–Crippen MR) is 30.9 cm³/mol. The van der Waals surface area contributed by atoms with Crippen LogP contribution in [0.15, 0.2) is 18.3 Å². The first-order chi connectivity index (χ1) is 2.89. The Morgan fingerprint density at radius 3 is 2.25 bits per heavy atom. The molecular formula is C6H9NY-2. The molecule has 0 aliphatic carbocycles. The van der Waals surface area contributed by atoms with Gasteiger partial charge in [-0.2, -0.15) is 11.9 Å². The number of rotatable bonds is 0. The molecule has 2 heteroatoms. The molecule has 0 amide bonds. The van der Waals surface area contributed by atoms with Crippen molar-refractivity contribution in [2.24, 2.45) is 0 Å². The zero-order valence-electron chi connectivity index (χ0n) is 5.26. The van der Waals surface area contributed by atoms with Crippen molar-refractivity contribution >= 4 is 0 Å². The SMILES string of the molecule is Cc1ccc[n-]1.[CH3-].[Y]. The smallest absolute Gasteiger partial charge is 0 e. The van der Waals surface area contributed by atoms with Crippen LogP contribution in [0.1, 0.15) is 5.69 Å². The molecule has 1 heterocycles. The molecule has 0 unspecified atom stereocenters. The van der Waals surface area contributed by atoms with Crippen LogP contribution in [0.25, 0.3) is 0 Å². The first kappa shape index (κ1) is 11.2. The van der Waals surface area contributed by atoms with Gasteiger partial charge in [-0.1, -0.05) is 19.1 Å². The van der Waals surface area contributed by atoms with Gasteiger partial charge in [0.15, 0.2) is 0 Å². The van der Waals surface area contributed by atoms with E-state index in [-0.39, 0.29) is 40.1 Å².